The first-order valence-corrected chi connectivity index (χ1v) is 9.79. The molecule has 0 heteroatoms. The van der Waals surface area contributed by atoms with E-state index in [0.717, 1.165) is 17.8 Å². The summed E-state index contributed by atoms with van der Waals surface area (Å²) in [6, 6.07) is 0. The molecule has 21 heavy (non-hydrogen) atoms. The maximum absolute atomic E-state index is 5.57. The van der Waals surface area contributed by atoms with Crippen LogP contribution in [0.2, 0.25) is 0 Å². The SMILES string of the molecule is C#CC1CCC(C2CCC(CCCCCCC)CC2)CC1. The Labute approximate surface area is 133 Å². The number of hydrogen-bond donors (Lipinski definition) is 0. The largest absolute Gasteiger partial charge is 0.120 e. The zero-order valence-electron chi connectivity index (χ0n) is 14.3. The lowest BCUT2D eigenvalue weighted by Crippen LogP contribution is -2.25. The van der Waals surface area contributed by atoms with Gasteiger partial charge < -0.3 is 0 Å². The van der Waals surface area contributed by atoms with Crippen molar-refractivity contribution in [1.29, 1.82) is 0 Å². The van der Waals surface area contributed by atoms with E-state index in [4.69, 9.17) is 6.42 Å². The van der Waals surface area contributed by atoms with Crippen molar-refractivity contribution < 1.29 is 0 Å². The smallest absolute Gasteiger partial charge is 0.0200 e. The van der Waals surface area contributed by atoms with Gasteiger partial charge in [0.25, 0.3) is 0 Å². The third-order valence-electron chi connectivity index (χ3n) is 6.28. The van der Waals surface area contributed by atoms with Gasteiger partial charge in [0.05, 0.1) is 0 Å². The van der Waals surface area contributed by atoms with Crippen LogP contribution < -0.4 is 0 Å². The van der Waals surface area contributed by atoms with Crippen molar-refractivity contribution in [2.24, 2.45) is 23.7 Å². The average molecular weight is 289 g/mol. The second-order valence-electron chi connectivity index (χ2n) is 7.76. The van der Waals surface area contributed by atoms with E-state index in [-0.39, 0.29) is 0 Å². The Morgan fingerprint density at radius 3 is 1.90 bits per heavy atom. The first kappa shape index (κ1) is 16.9. The Kier molecular flexibility index (Phi) is 7.70. The summed E-state index contributed by atoms with van der Waals surface area (Å²) in [5.41, 5.74) is 0. The van der Waals surface area contributed by atoms with Crippen LogP contribution in [-0.4, -0.2) is 0 Å². The summed E-state index contributed by atoms with van der Waals surface area (Å²) in [6.45, 7) is 2.30. The van der Waals surface area contributed by atoms with Crippen molar-refractivity contribution in [3.63, 3.8) is 0 Å². The quantitative estimate of drug-likeness (QED) is 0.366. The van der Waals surface area contributed by atoms with E-state index in [1.165, 1.54) is 89.9 Å². The zero-order chi connectivity index (χ0) is 14.9. The average Bonchev–Trinajstić information content (AvgIpc) is 2.55. The van der Waals surface area contributed by atoms with Gasteiger partial charge in [0.15, 0.2) is 0 Å². The lowest BCUT2D eigenvalue weighted by molar-refractivity contribution is 0.153. The Balaban J connectivity index is 1.57. The number of rotatable bonds is 7. The molecule has 0 aliphatic heterocycles. The highest BCUT2D eigenvalue weighted by Gasteiger charge is 2.30. The second kappa shape index (κ2) is 9.55. The molecule has 120 valence electrons. The van der Waals surface area contributed by atoms with Gasteiger partial charge in [-0.15, -0.1) is 12.3 Å². The molecular formula is C21H36. The Morgan fingerprint density at radius 2 is 1.33 bits per heavy atom. The molecule has 0 aromatic rings. The van der Waals surface area contributed by atoms with Gasteiger partial charge in [-0.3, -0.25) is 0 Å². The minimum atomic E-state index is 0.598. The summed E-state index contributed by atoms with van der Waals surface area (Å²) in [4.78, 5) is 0. The molecule has 0 radical (unpaired) electrons. The molecule has 0 N–H and O–H groups in total. The van der Waals surface area contributed by atoms with Gasteiger partial charge in [-0.25, -0.2) is 0 Å². The first-order valence-electron chi connectivity index (χ1n) is 9.79. The van der Waals surface area contributed by atoms with Gasteiger partial charge in [-0.2, -0.15) is 0 Å². The highest BCUT2D eigenvalue weighted by Crippen LogP contribution is 2.42. The Hall–Kier alpha value is -0.440. The van der Waals surface area contributed by atoms with Crippen molar-refractivity contribution >= 4 is 0 Å². The van der Waals surface area contributed by atoms with E-state index in [0.29, 0.717) is 5.92 Å². The Bertz CT molecular complexity index is 294. The topological polar surface area (TPSA) is 0 Å². The molecular weight excluding hydrogens is 252 g/mol. The van der Waals surface area contributed by atoms with Crippen molar-refractivity contribution in [2.45, 2.75) is 96.8 Å². The molecule has 2 aliphatic carbocycles. The van der Waals surface area contributed by atoms with Crippen molar-refractivity contribution in [1.82, 2.24) is 0 Å². The maximum Gasteiger partial charge on any atom is 0.0200 e. The van der Waals surface area contributed by atoms with Crippen molar-refractivity contribution in [2.75, 3.05) is 0 Å². The molecule has 0 amide bonds. The summed E-state index contributed by atoms with van der Waals surface area (Å²) < 4.78 is 0. The predicted molar refractivity (Wildman–Crippen MR) is 93.1 cm³/mol. The zero-order valence-corrected chi connectivity index (χ0v) is 14.3. The molecule has 0 spiro atoms. The van der Waals surface area contributed by atoms with Crippen LogP contribution in [-0.2, 0) is 0 Å². The minimum Gasteiger partial charge on any atom is -0.120 e. The summed E-state index contributed by atoms with van der Waals surface area (Å²) in [6.07, 6.45) is 25.8. The van der Waals surface area contributed by atoms with Crippen LogP contribution in [0.25, 0.3) is 0 Å². The van der Waals surface area contributed by atoms with Crippen molar-refractivity contribution in [3.8, 4) is 12.3 Å². The lowest BCUT2D eigenvalue weighted by atomic mass is 9.69. The number of terminal acetylenes is 1. The van der Waals surface area contributed by atoms with E-state index in [1.807, 2.05) is 0 Å². The molecule has 0 saturated heterocycles. The van der Waals surface area contributed by atoms with Crippen molar-refractivity contribution in [3.05, 3.63) is 0 Å². The molecule has 2 rings (SSSR count). The summed E-state index contributed by atoms with van der Waals surface area (Å²) in [5, 5.41) is 0. The summed E-state index contributed by atoms with van der Waals surface area (Å²) in [7, 11) is 0. The fourth-order valence-corrected chi connectivity index (χ4v) is 4.74. The van der Waals surface area contributed by atoms with Gasteiger partial charge in [0.1, 0.15) is 0 Å². The number of unbranched alkanes of at least 4 members (excludes halogenated alkanes) is 4. The highest BCUT2D eigenvalue weighted by atomic mass is 14.3. The molecule has 0 unspecified atom stereocenters. The van der Waals surface area contributed by atoms with E-state index in [2.05, 4.69) is 12.8 Å². The minimum absolute atomic E-state index is 0.598. The van der Waals surface area contributed by atoms with Crippen LogP contribution in [0, 0.1) is 36.0 Å². The fraction of sp³-hybridized carbons (Fsp3) is 0.905. The van der Waals surface area contributed by atoms with E-state index >= 15 is 0 Å². The van der Waals surface area contributed by atoms with Gasteiger partial charge in [-0.05, 0) is 56.3 Å². The van der Waals surface area contributed by atoms with E-state index in [9.17, 15) is 0 Å². The molecule has 0 atom stereocenters. The summed E-state index contributed by atoms with van der Waals surface area (Å²) in [5.74, 6) is 6.69. The molecule has 2 saturated carbocycles. The van der Waals surface area contributed by atoms with Gasteiger partial charge >= 0.3 is 0 Å². The van der Waals surface area contributed by atoms with Crippen LogP contribution in [0.3, 0.4) is 0 Å². The molecule has 0 aromatic heterocycles. The molecule has 0 nitrogen and oxygen atoms in total. The van der Waals surface area contributed by atoms with Crippen LogP contribution in [0.1, 0.15) is 96.8 Å². The van der Waals surface area contributed by atoms with Crippen LogP contribution in [0.5, 0.6) is 0 Å². The van der Waals surface area contributed by atoms with Gasteiger partial charge in [0.2, 0.25) is 0 Å². The van der Waals surface area contributed by atoms with Gasteiger partial charge in [-0.1, -0.05) is 58.3 Å². The van der Waals surface area contributed by atoms with E-state index in [1.54, 1.807) is 0 Å². The highest BCUT2D eigenvalue weighted by molar-refractivity contribution is 4.96. The van der Waals surface area contributed by atoms with Crippen LogP contribution in [0.15, 0.2) is 0 Å². The van der Waals surface area contributed by atoms with E-state index < -0.39 is 0 Å². The number of hydrogen-bond acceptors (Lipinski definition) is 0. The standard InChI is InChI=1S/C21H36/c1-3-5-6-7-8-9-19-12-16-21(17-13-19)20-14-10-18(4-2)11-15-20/h2,18-21H,3,5-17H2,1H3. The first-order chi connectivity index (χ1) is 10.3. The molecule has 2 aliphatic rings. The Morgan fingerprint density at radius 1 is 0.762 bits per heavy atom. The second-order valence-corrected chi connectivity index (χ2v) is 7.76. The normalized spacial score (nSPS) is 33.5. The fourth-order valence-electron chi connectivity index (χ4n) is 4.74. The monoisotopic (exact) mass is 288 g/mol. The summed E-state index contributed by atoms with van der Waals surface area (Å²) >= 11 is 0. The lowest BCUT2D eigenvalue weighted by Gasteiger charge is -2.37. The maximum atomic E-state index is 5.57. The third-order valence-corrected chi connectivity index (χ3v) is 6.28. The van der Waals surface area contributed by atoms with Gasteiger partial charge in [0, 0.05) is 5.92 Å². The molecule has 0 bridgehead atoms. The van der Waals surface area contributed by atoms with Crippen LogP contribution >= 0.6 is 0 Å². The molecule has 0 aromatic carbocycles. The van der Waals surface area contributed by atoms with Crippen LogP contribution in [0.4, 0.5) is 0 Å². The third kappa shape index (κ3) is 5.69. The molecule has 2 fully saturated rings. The molecule has 0 heterocycles. The predicted octanol–water partition coefficient (Wildman–Crippen LogP) is 6.59.